The second-order valence-electron chi connectivity index (χ2n) is 3.17. The van der Waals surface area contributed by atoms with Crippen LogP contribution in [0.2, 0.25) is 5.02 Å². The molecule has 1 unspecified atom stereocenters. The van der Waals surface area contributed by atoms with Crippen LogP contribution in [0, 0.1) is 0 Å². The van der Waals surface area contributed by atoms with Gasteiger partial charge in [0.1, 0.15) is 7.14 Å². The van der Waals surface area contributed by atoms with Crippen molar-refractivity contribution in [2.24, 2.45) is 0 Å². The molecule has 0 spiro atoms. The molecular weight excluding hydrogens is 203 g/mol. The molecule has 0 aliphatic carbocycles. The van der Waals surface area contributed by atoms with Gasteiger partial charge in [-0.25, -0.2) is 0 Å². The molecule has 1 aromatic rings. The molecule has 0 saturated heterocycles. The Hall–Kier alpha value is -0.520. The Morgan fingerprint density at radius 1 is 1.23 bits per heavy atom. The van der Waals surface area contributed by atoms with E-state index in [-0.39, 0.29) is 0 Å². The highest BCUT2D eigenvalue weighted by Gasteiger charge is 2.23. The summed E-state index contributed by atoms with van der Waals surface area (Å²) in [6.45, 7) is 0. The van der Waals surface area contributed by atoms with Crippen molar-refractivity contribution in [2.75, 3.05) is 6.16 Å². The van der Waals surface area contributed by atoms with E-state index in [1.165, 1.54) is 0 Å². The molecule has 68 valence electrons. The summed E-state index contributed by atoms with van der Waals surface area (Å²) >= 11 is 5.76. The normalized spacial score (nSPS) is 26.5. The first-order valence-corrected chi connectivity index (χ1v) is 6.57. The van der Waals surface area contributed by atoms with Crippen LogP contribution in [0.1, 0.15) is 6.42 Å². The Kier molecular flexibility index (Phi) is 2.31. The molecule has 0 bridgehead atoms. The zero-order valence-electron chi connectivity index (χ0n) is 7.11. The third-order valence-electron chi connectivity index (χ3n) is 2.24. The van der Waals surface area contributed by atoms with Crippen molar-refractivity contribution in [2.45, 2.75) is 6.42 Å². The Labute approximate surface area is 82.8 Å². The molecule has 1 aromatic carbocycles. The van der Waals surface area contributed by atoms with E-state index >= 15 is 0 Å². The standard InChI is InChI=1S/C10H10ClOP/c11-9-3-5-10(6-4-9)13(12)7-1-2-8-13/h1,3-7H,2,8H2. The first kappa shape index (κ1) is 9.05. The first-order chi connectivity index (χ1) is 6.21. The topological polar surface area (TPSA) is 17.1 Å². The highest BCUT2D eigenvalue weighted by molar-refractivity contribution is 7.74. The summed E-state index contributed by atoms with van der Waals surface area (Å²) in [5.41, 5.74) is 0. The molecule has 2 rings (SSSR count). The lowest BCUT2D eigenvalue weighted by Crippen LogP contribution is -2.02. The maximum absolute atomic E-state index is 12.2. The van der Waals surface area contributed by atoms with Crippen LogP contribution >= 0.6 is 18.7 Å². The predicted octanol–water partition coefficient (Wildman–Crippen LogP) is 3.25. The molecule has 3 heteroatoms. The van der Waals surface area contributed by atoms with Crippen LogP contribution in [0.15, 0.2) is 36.2 Å². The summed E-state index contributed by atoms with van der Waals surface area (Å²) < 4.78 is 12.2. The largest absolute Gasteiger partial charge is 0.314 e. The molecule has 0 amide bonds. The van der Waals surface area contributed by atoms with Gasteiger partial charge in [0.25, 0.3) is 0 Å². The smallest absolute Gasteiger partial charge is 0.136 e. The van der Waals surface area contributed by atoms with Gasteiger partial charge in [0.05, 0.1) is 0 Å². The highest BCUT2D eigenvalue weighted by atomic mass is 35.5. The quantitative estimate of drug-likeness (QED) is 0.653. The molecule has 1 aliphatic rings. The van der Waals surface area contributed by atoms with E-state index in [2.05, 4.69) is 0 Å². The molecule has 13 heavy (non-hydrogen) atoms. The summed E-state index contributed by atoms with van der Waals surface area (Å²) in [4.78, 5) is 0. The average Bonchev–Trinajstić information content (AvgIpc) is 2.54. The monoisotopic (exact) mass is 212 g/mol. The molecule has 1 atom stereocenters. The molecule has 1 aliphatic heterocycles. The van der Waals surface area contributed by atoms with E-state index in [0.717, 1.165) is 17.9 Å². The fourth-order valence-electron chi connectivity index (χ4n) is 1.49. The Bertz CT molecular complexity index is 380. The zero-order chi connectivity index (χ0) is 9.31. The molecule has 0 radical (unpaired) electrons. The second kappa shape index (κ2) is 3.32. The lowest BCUT2D eigenvalue weighted by Gasteiger charge is -2.08. The maximum Gasteiger partial charge on any atom is 0.136 e. The van der Waals surface area contributed by atoms with Gasteiger partial charge in [-0.3, -0.25) is 0 Å². The van der Waals surface area contributed by atoms with Crippen molar-refractivity contribution < 1.29 is 4.57 Å². The summed E-state index contributed by atoms with van der Waals surface area (Å²) in [6, 6.07) is 7.31. The minimum Gasteiger partial charge on any atom is -0.314 e. The van der Waals surface area contributed by atoms with E-state index < -0.39 is 7.14 Å². The summed E-state index contributed by atoms with van der Waals surface area (Å²) in [5, 5.41) is 1.61. The Balaban J connectivity index is 2.41. The van der Waals surface area contributed by atoms with Gasteiger partial charge in [-0.1, -0.05) is 17.7 Å². The van der Waals surface area contributed by atoms with Crippen molar-refractivity contribution in [3.8, 4) is 0 Å². The minimum absolute atomic E-state index is 0.693. The van der Waals surface area contributed by atoms with Gasteiger partial charge in [0, 0.05) is 16.5 Å². The lowest BCUT2D eigenvalue weighted by atomic mass is 10.4. The van der Waals surface area contributed by atoms with Gasteiger partial charge in [0.15, 0.2) is 0 Å². The summed E-state index contributed by atoms with van der Waals surface area (Å²) in [6.07, 6.45) is 3.70. The van der Waals surface area contributed by atoms with Crippen molar-refractivity contribution in [1.29, 1.82) is 0 Å². The number of allylic oxidation sites excluding steroid dienone is 1. The van der Waals surface area contributed by atoms with Crippen LogP contribution < -0.4 is 5.30 Å². The highest BCUT2D eigenvalue weighted by Crippen LogP contribution is 2.50. The van der Waals surface area contributed by atoms with Crippen LogP contribution in [-0.2, 0) is 4.57 Å². The van der Waals surface area contributed by atoms with E-state index in [1.54, 1.807) is 12.1 Å². The van der Waals surface area contributed by atoms with Crippen LogP contribution in [0.4, 0.5) is 0 Å². The van der Waals surface area contributed by atoms with Crippen molar-refractivity contribution in [3.63, 3.8) is 0 Å². The summed E-state index contributed by atoms with van der Waals surface area (Å²) in [7, 11) is -2.18. The van der Waals surface area contributed by atoms with E-state index in [4.69, 9.17) is 11.6 Å². The van der Waals surface area contributed by atoms with Gasteiger partial charge in [0.2, 0.25) is 0 Å². The Morgan fingerprint density at radius 2 is 1.92 bits per heavy atom. The van der Waals surface area contributed by atoms with Crippen LogP contribution in [0.3, 0.4) is 0 Å². The second-order valence-corrected chi connectivity index (χ2v) is 6.46. The fourth-order valence-corrected chi connectivity index (χ4v) is 3.88. The number of rotatable bonds is 1. The van der Waals surface area contributed by atoms with Crippen LogP contribution in [0.25, 0.3) is 0 Å². The van der Waals surface area contributed by atoms with Crippen molar-refractivity contribution in [1.82, 2.24) is 0 Å². The SMILES string of the molecule is O=P1(c2ccc(Cl)cc2)C=CCC1. The minimum atomic E-state index is -2.18. The van der Waals surface area contributed by atoms with Crippen LogP contribution in [0.5, 0.6) is 0 Å². The fraction of sp³-hybridized carbons (Fsp3) is 0.200. The Morgan fingerprint density at radius 3 is 2.46 bits per heavy atom. The number of hydrogen-bond acceptors (Lipinski definition) is 1. The number of hydrogen-bond donors (Lipinski definition) is 0. The third-order valence-corrected chi connectivity index (χ3v) is 5.28. The lowest BCUT2D eigenvalue weighted by molar-refractivity contribution is 0.587. The summed E-state index contributed by atoms with van der Waals surface area (Å²) in [5.74, 6) is 1.86. The van der Waals surface area contributed by atoms with Gasteiger partial charge in [-0.15, -0.1) is 0 Å². The first-order valence-electron chi connectivity index (χ1n) is 4.23. The molecule has 1 heterocycles. The molecule has 0 saturated carbocycles. The van der Waals surface area contributed by atoms with E-state index in [1.807, 2.05) is 24.0 Å². The maximum atomic E-state index is 12.2. The molecule has 1 nitrogen and oxygen atoms in total. The molecule has 0 aromatic heterocycles. The van der Waals surface area contributed by atoms with Gasteiger partial charge < -0.3 is 4.57 Å². The van der Waals surface area contributed by atoms with Crippen molar-refractivity contribution >= 4 is 24.0 Å². The van der Waals surface area contributed by atoms with E-state index in [9.17, 15) is 4.57 Å². The zero-order valence-corrected chi connectivity index (χ0v) is 8.76. The molecule has 0 N–H and O–H groups in total. The van der Waals surface area contributed by atoms with Gasteiger partial charge in [-0.05, 0) is 36.5 Å². The number of halogens is 1. The number of benzene rings is 1. The van der Waals surface area contributed by atoms with Crippen LogP contribution in [-0.4, -0.2) is 6.16 Å². The van der Waals surface area contributed by atoms with E-state index in [0.29, 0.717) is 5.02 Å². The third kappa shape index (κ3) is 1.72. The molecular formula is C10H10ClOP. The van der Waals surface area contributed by atoms with Gasteiger partial charge in [-0.2, -0.15) is 0 Å². The van der Waals surface area contributed by atoms with Crippen molar-refractivity contribution in [3.05, 3.63) is 41.2 Å². The average molecular weight is 213 g/mol. The van der Waals surface area contributed by atoms with Gasteiger partial charge >= 0.3 is 0 Å². The predicted molar refractivity (Wildman–Crippen MR) is 57.3 cm³/mol. The molecule has 0 fully saturated rings.